The van der Waals surface area contributed by atoms with Crippen LogP contribution >= 0.6 is 0 Å². The molecule has 1 aliphatic rings. The molecule has 0 spiro atoms. The molecule has 1 heterocycles. The van der Waals surface area contributed by atoms with Gasteiger partial charge in [-0.25, -0.2) is 12.8 Å². The molecule has 1 amide bonds. The first-order valence-corrected chi connectivity index (χ1v) is 9.61. The number of hydrogen-bond donors (Lipinski definition) is 1. The van der Waals surface area contributed by atoms with Gasteiger partial charge in [-0.3, -0.25) is 9.10 Å². The predicted molar refractivity (Wildman–Crippen MR) is 94.5 cm³/mol. The summed E-state index contributed by atoms with van der Waals surface area (Å²) in [6.07, 6.45) is 0.586. The van der Waals surface area contributed by atoms with E-state index in [4.69, 9.17) is 0 Å². The summed E-state index contributed by atoms with van der Waals surface area (Å²) in [6, 6.07) is 11.2. The third kappa shape index (κ3) is 3.82. The number of nitrogens with one attached hydrogen (secondary N) is 1. The molecule has 1 saturated heterocycles. The molecule has 1 N–H and O–H groups in total. The standard InChI is InChI=1S/C18H19FN2O3S/c1-13-10-14(6-7-17(13)19)12-20-18(22)15-4-2-5-16(11-15)21-8-3-9-25(21,23)24/h2,4-7,10-11H,3,8-9,12H2,1H3,(H,20,22). The van der Waals surface area contributed by atoms with Crippen molar-refractivity contribution in [3.8, 4) is 0 Å². The number of sulfonamides is 1. The molecule has 2 aromatic carbocycles. The second-order valence-electron chi connectivity index (χ2n) is 6.06. The highest BCUT2D eigenvalue weighted by atomic mass is 32.2. The predicted octanol–water partition coefficient (Wildman–Crippen LogP) is 2.60. The maximum absolute atomic E-state index is 13.3. The molecule has 25 heavy (non-hydrogen) atoms. The number of aryl methyl sites for hydroxylation is 1. The number of nitrogens with zero attached hydrogens (tertiary/aromatic N) is 1. The van der Waals surface area contributed by atoms with Crippen molar-refractivity contribution in [2.75, 3.05) is 16.6 Å². The fourth-order valence-corrected chi connectivity index (χ4v) is 4.39. The number of carbonyl (C=O) groups excluding carboxylic acids is 1. The largest absolute Gasteiger partial charge is 0.348 e. The van der Waals surface area contributed by atoms with E-state index in [0.717, 1.165) is 5.56 Å². The number of rotatable bonds is 4. The van der Waals surface area contributed by atoms with Gasteiger partial charge in [0.25, 0.3) is 5.91 Å². The smallest absolute Gasteiger partial charge is 0.251 e. The van der Waals surface area contributed by atoms with Gasteiger partial charge in [0, 0.05) is 18.7 Å². The molecule has 0 unspecified atom stereocenters. The second kappa shape index (κ2) is 6.84. The fourth-order valence-electron chi connectivity index (χ4n) is 2.83. The Hall–Kier alpha value is -2.41. The van der Waals surface area contributed by atoms with Gasteiger partial charge < -0.3 is 5.32 Å². The molecule has 0 saturated carbocycles. The van der Waals surface area contributed by atoms with Crippen LogP contribution in [0.2, 0.25) is 0 Å². The lowest BCUT2D eigenvalue weighted by atomic mass is 10.1. The molecular formula is C18H19FN2O3S. The van der Waals surface area contributed by atoms with E-state index in [1.165, 1.54) is 10.4 Å². The minimum absolute atomic E-state index is 0.132. The lowest BCUT2D eigenvalue weighted by Gasteiger charge is -2.17. The molecule has 0 aliphatic carbocycles. The van der Waals surface area contributed by atoms with Crippen LogP contribution in [0.1, 0.15) is 27.9 Å². The monoisotopic (exact) mass is 362 g/mol. The van der Waals surface area contributed by atoms with Crippen LogP contribution in [0.5, 0.6) is 0 Å². The number of hydrogen-bond acceptors (Lipinski definition) is 3. The first-order valence-electron chi connectivity index (χ1n) is 8.00. The van der Waals surface area contributed by atoms with Gasteiger partial charge in [-0.2, -0.15) is 0 Å². The highest BCUT2D eigenvalue weighted by molar-refractivity contribution is 7.93. The van der Waals surface area contributed by atoms with Gasteiger partial charge in [-0.1, -0.05) is 18.2 Å². The van der Waals surface area contributed by atoms with Gasteiger partial charge in [-0.15, -0.1) is 0 Å². The summed E-state index contributed by atoms with van der Waals surface area (Å²) in [5.41, 5.74) is 2.21. The van der Waals surface area contributed by atoms with Crippen molar-refractivity contribution in [3.05, 3.63) is 65.0 Å². The molecule has 0 atom stereocenters. The average molecular weight is 362 g/mol. The van der Waals surface area contributed by atoms with Crippen molar-refractivity contribution in [1.29, 1.82) is 0 Å². The molecule has 3 rings (SSSR count). The van der Waals surface area contributed by atoms with E-state index >= 15 is 0 Å². The summed E-state index contributed by atoms with van der Waals surface area (Å²) < 4.78 is 38.6. The van der Waals surface area contributed by atoms with E-state index < -0.39 is 10.0 Å². The van der Waals surface area contributed by atoms with Crippen LogP contribution in [0.15, 0.2) is 42.5 Å². The van der Waals surface area contributed by atoms with Crippen LogP contribution in [0.25, 0.3) is 0 Å². The van der Waals surface area contributed by atoms with Gasteiger partial charge in [-0.05, 0) is 48.7 Å². The third-order valence-electron chi connectivity index (χ3n) is 4.17. The maximum Gasteiger partial charge on any atom is 0.251 e. The maximum atomic E-state index is 13.3. The molecule has 2 aromatic rings. The van der Waals surface area contributed by atoms with Crippen molar-refractivity contribution in [2.24, 2.45) is 0 Å². The van der Waals surface area contributed by atoms with Crippen molar-refractivity contribution < 1.29 is 17.6 Å². The Morgan fingerprint density at radius 3 is 2.72 bits per heavy atom. The molecule has 5 nitrogen and oxygen atoms in total. The summed E-state index contributed by atoms with van der Waals surface area (Å²) >= 11 is 0. The van der Waals surface area contributed by atoms with E-state index in [-0.39, 0.29) is 24.0 Å². The topological polar surface area (TPSA) is 66.5 Å². The first kappa shape index (κ1) is 17.4. The van der Waals surface area contributed by atoms with E-state index in [2.05, 4.69) is 5.32 Å². The lowest BCUT2D eigenvalue weighted by Crippen LogP contribution is -2.26. The van der Waals surface area contributed by atoms with Crippen LogP contribution in [-0.4, -0.2) is 26.6 Å². The molecule has 0 bridgehead atoms. The molecule has 132 valence electrons. The average Bonchev–Trinajstić information content (AvgIpc) is 2.95. The summed E-state index contributed by atoms with van der Waals surface area (Å²) in [4.78, 5) is 12.3. The summed E-state index contributed by atoms with van der Waals surface area (Å²) in [5, 5.41) is 2.77. The summed E-state index contributed by atoms with van der Waals surface area (Å²) in [5.74, 6) is -0.456. The third-order valence-corrected chi connectivity index (χ3v) is 6.04. The van der Waals surface area contributed by atoms with Crippen LogP contribution in [0, 0.1) is 12.7 Å². The minimum Gasteiger partial charge on any atom is -0.348 e. The zero-order chi connectivity index (χ0) is 18.0. The van der Waals surface area contributed by atoms with Crippen LogP contribution < -0.4 is 9.62 Å². The highest BCUT2D eigenvalue weighted by Gasteiger charge is 2.28. The quantitative estimate of drug-likeness (QED) is 0.909. The van der Waals surface area contributed by atoms with E-state index in [0.29, 0.717) is 29.8 Å². The van der Waals surface area contributed by atoms with Crippen molar-refractivity contribution in [1.82, 2.24) is 5.32 Å². The molecule has 7 heteroatoms. The molecule has 1 fully saturated rings. The first-order chi connectivity index (χ1) is 11.9. The number of amides is 1. The molecule has 1 aliphatic heterocycles. The Morgan fingerprint density at radius 2 is 2.04 bits per heavy atom. The Kier molecular flexibility index (Phi) is 4.76. The molecular weight excluding hydrogens is 343 g/mol. The zero-order valence-corrected chi connectivity index (χ0v) is 14.6. The lowest BCUT2D eigenvalue weighted by molar-refractivity contribution is 0.0951. The SMILES string of the molecule is Cc1cc(CNC(=O)c2cccc(N3CCCS3(=O)=O)c2)ccc1F. The van der Waals surface area contributed by atoms with Crippen molar-refractivity contribution in [3.63, 3.8) is 0 Å². The summed E-state index contributed by atoms with van der Waals surface area (Å²) in [6.45, 7) is 2.37. The Morgan fingerprint density at radius 1 is 1.24 bits per heavy atom. The van der Waals surface area contributed by atoms with E-state index in [1.807, 2.05) is 0 Å². The summed E-state index contributed by atoms with van der Waals surface area (Å²) in [7, 11) is -3.28. The second-order valence-corrected chi connectivity index (χ2v) is 8.07. The van der Waals surface area contributed by atoms with Crippen molar-refractivity contribution >= 4 is 21.6 Å². The van der Waals surface area contributed by atoms with Gasteiger partial charge >= 0.3 is 0 Å². The Bertz CT molecular complexity index is 912. The zero-order valence-electron chi connectivity index (χ0n) is 13.8. The van der Waals surface area contributed by atoms with Gasteiger partial charge in [0.1, 0.15) is 5.82 Å². The molecule has 0 radical (unpaired) electrons. The van der Waals surface area contributed by atoms with Crippen LogP contribution in [0.3, 0.4) is 0 Å². The number of anilines is 1. The van der Waals surface area contributed by atoms with Crippen LogP contribution in [-0.2, 0) is 16.6 Å². The molecule has 0 aromatic heterocycles. The van der Waals surface area contributed by atoms with E-state index in [1.54, 1.807) is 43.3 Å². The normalized spacial score (nSPS) is 16.0. The van der Waals surface area contributed by atoms with E-state index in [9.17, 15) is 17.6 Å². The minimum atomic E-state index is -3.28. The van der Waals surface area contributed by atoms with Gasteiger partial charge in [0.05, 0.1) is 11.4 Å². The Balaban J connectivity index is 1.72. The van der Waals surface area contributed by atoms with Crippen molar-refractivity contribution in [2.45, 2.75) is 19.9 Å². The number of halogens is 1. The van der Waals surface area contributed by atoms with Crippen LogP contribution in [0.4, 0.5) is 10.1 Å². The van der Waals surface area contributed by atoms with Gasteiger partial charge in [0.15, 0.2) is 0 Å². The Labute approximate surface area is 146 Å². The fraction of sp³-hybridized carbons (Fsp3) is 0.278. The highest BCUT2D eigenvalue weighted by Crippen LogP contribution is 2.24. The number of benzene rings is 2. The number of carbonyl (C=O) groups is 1. The van der Waals surface area contributed by atoms with Gasteiger partial charge in [0.2, 0.25) is 10.0 Å².